The number of aromatic amines is 1. The average Bonchev–Trinajstić information content (AvgIpc) is 2.91. The first-order chi connectivity index (χ1) is 9.24. The second kappa shape index (κ2) is 6.83. The van der Waals surface area contributed by atoms with Gasteiger partial charge in [0.2, 0.25) is 0 Å². The van der Waals surface area contributed by atoms with Crippen LogP contribution in [0.2, 0.25) is 0 Å². The highest BCUT2D eigenvalue weighted by Crippen LogP contribution is 2.22. The maximum Gasteiger partial charge on any atom is 0.181 e. The van der Waals surface area contributed by atoms with Gasteiger partial charge >= 0.3 is 0 Å². The molecule has 0 bridgehead atoms. The smallest absolute Gasteiger partial charge is 0.181 e. The predicted molar refractivity (Wildman–Crippen MR) is 76.2 cm³/mol. The lowest BCUT2D eigenvalue weighted by atomic mass is 10.3. The van der Waals surface area contributed by atoms with Crippen LogP contribution in [-0.2, 0) is 0 Å². The summed E-state index contributed by atoms with van der Waals surface area (Å²) in [5.74, 6) is 0.613. The Bertz CT molecular complexity index is 514. The second-order valence-corrected chi connectivity index (χ2v) is 5.24. The van der Waals surface area contributed by atoms with E-state index in [1.807, 2.05) is 0 Å². The number of aliphatic hydroxyl groups excluding tert-OH is 1. The van der Waals surface area contributed by atoms with E-state index in [1.165, 1.54) is 18.1 Å². The second-order valence-electron chi connectivity index (χ2n) is 4.23. The Labute approximate surface area is 116 Å². The molecule has 1 atom stereocenters. The van der Waals surface area contributed by atoms with Gasteiger partial charge in [0, 0.05) is 12.3 Å². The normalized spacial score (nSPS) is 13.3. The third kappa shape index (κ3) is 3.65. The summed E-state index contributed by atoms with van der Waals surface area (Å²) in [6, 6.07) is 0. The lowest BCUT2D eigenvalue weighted by Gasteiger charge is -2.21. The Morgan fingerprint density at radius 3 is 2.84 bits per heavy atom. The zero-order valence-corrected chi connectivity index (χ0v) is 12.0. The number of aliphatic hydroxyl groups is 1. The fourth-order valence-electron chi connectivity index (χ4n) is 1.86. The average molecular weight is 281 g/mol. The van der Waals surface area contributed by atoms with Gasteiger partial charge in [-0.25, -0.2) is 15.0 Å². The molecular weight excluding hydrogens is 262 g/mol. The summed E-state index contributed by atoms with van der Waals surface area (Å²) in [7, 11) is 0. The quantitative estimate of drug-likeness (QED) is 0.585. The van der Waals surface area contributed by atoms with E-state index in [1.54, 1.807) is 6.33 Å². The molecule has 0 radical (unpaired) electrons. The van der Waals surface area contributed by atoms with Gasteiger partial charge in [-0.2, -0.15) is 0 Å². The molecule has 2 aromatic heterocycles. The number of hydrogen-bond donors (Lipinski definition) is 2. The van der Waals surface area contributed by atoms with Crippen molar-refractivity contribution in [2.45, 2.75) is 25.0 Å². The minimum absolute atomic E-state index is 0.363. The minimum Gasteiger partial charge on any atom is -0.391 e. The molecule has 2 aromatic rings. The summed E-state index contributed by atoms with van der Waals surface area (Å²) in [5.41, 5.74) is 1.50. The van der Waals surface area contributed by atoms with E-state index in [9.17, 15) is 5.11 Å². The van der Waals surface area contributed by atoms with Crippen molar-refractivity contribution in [3.63, 3.8) is 0 Å². The van der Waals surface area contributed by atoms with Crippen LogP contribution < -0.4 is 0 Å². The van der Waals surface area contributed by atoms with Crippen LogP contribution in [-0.4, -0.2) is 61.4 Å². The Hall–Kier alpha value is -1.18. The van der Waals surface area contributed by atoms with Gasteiger partial charge in [-0.15, -0.1) is 11.8 Å². The molecule has 1 unspecified atom stereocenters. The van der Waals surface area contributed by atoms with Crippen LogP contribution in [0.1, 0.15) is 13.8 Å². The van der Waals surface area contributed by atoms with E-state index in [4.69, 9.17) is 0 Å². The fraction of sp³-hybridized carbons (Fsp3) is 0.583. The van der Waals surface area contributed by atoms with Crippen LogP contribution in [0.3, 0.4) is 0 Å². The molecule has 2 heterocycles. The maximum atomic E-state index is 10.0. The molecule has 0 aliphatic rings. The first-order valence-corrected chi connectivity index (χ1v) is 7.40. The van der Waals surface area contributed by atoms with Crippen LogP contribution in [0.25, 0.3) is 11.2 Å². The maximum absolute atomic E-state index is 10.0. The van der Waals surface area contributed by atoms with Gasteiger partial charge in [-0.1, -0.05) is 13.8 Å². The summed E-state index contributed by atoms with van der Waals surface area (Å²) < 4.78 is 0. The minimum atomic E-state index is -0.363. The SMILES string of the molecule is CCN(CC)CC(O)CSc1ncnc2nc[nH]c12. The highest BCUT2D eigenvalue weighted by atomic mass is 32.2. The molecule has 0 amide bonds. The van der Waals surface area contributed by atoms with Gasteiger partial charge in [0.25, 0.3) is 0 Å². The number of likely N-dealkylation sites (N-methyl/N-ethyl adjacent to an activating group) is 1. The molecule has 0 fully saturated rings. The van der Waals surface area contributed by atoms with Crippen molar-refractivity contribution in [2.75, 3.05) is 25.4 Å². The predicted octanol–water partition coefficient (Wildman–Crippen LogP) is 1.15. The molecular formula is C12H19N5OS. The molecule has 104 valence electrons. The summed E-state index contributed by atoms with van der Waals surface area (Å²) >= 11 is 1.53. The van der Waals surface area contributed by atoms with Gasteiger partial charge in [0.05, 0.1) is 12.4 Å². The van der Waals surface area contributed by atoms with Crippen LogP contribution in [0, 0.1) is 0 Å². The number of imidazole rings is 1. The number of nitrogens with one attached hydrogen (secondary N) is 1. The van der Waals surface area contributed by atoms with Crippen LogP contribution in [0.4, 0.5) is 0 Å². The molecule has 19 heavy (non-hydrogen) atoms. The Morgan fingerprint density at radius 2 is 2.11 bits per heavy atom. The van der Waals surface area contributed by atoms with Gasteiger partial charge < -0.3 is 15.0 Å². The van der Waals surface area contributed by atoms with Gasteiger partial charge in [-0.3, -0.25) is 0 Å². The van der Waals surface area contributed by atoms with Gasteiger partial charge in [-0.05, 0) is 13.1 Å². The first kappa shape index (κ1) is 14.2. The number of H-pyrrole nitrogens is 1. The van der Waals surface area contributed by atoms with Crippen molar-refractivity contribution in [1.82, 2.24) is 24.8 Å². The van der Waals surface area contributed by atoms with Crippen molar-refractivity contribution in [3.8, 4) is 0 Å². The molecule has 0 saturated carbocycles. The standard InChI is InChI=1S/C12H19N5OS/c1-3-17(4-2)5-9(18)6-19-12-10-11(14-7-13-10)15-8-16-12/h7-9,18H,3-6H2,1-2H3,(H,13,14,15,16). The van der Waals surface area contributed by atoms with Crippen molar-refractivity contribution >= 4 is 22.9 Å². The Morgan fingerprint density at radius 1 is 1.32 bits per heavy atom. The number of thioether (sulfide) groups is 1. The first-order valence-electron chi connectivity index (χ1n) is 6.41. The Balaban J connectivity index is 1.93. The molecule has 0 spiro atoms. The highest BCUT2D eigenvalue weighted by Gasteiger charge is 2.12. The topological polar surface area (TPSA) is 77.9 Å². The van der Waals surface area contributed by atoms with E-state index >= 15 is 0 Å². The molecule has 0 saturated heterocycles. The van der Waals surface area contributed by atoms with Crippen molar-refractivity contribution in [2.24, 2.45) is 0 Å². The fourth-order valence-corrected chi connectivity index (χ4v) is 2.73. The van der Waals surface area contributed by atoms with Crippen LogP contribution >= 0.6 is 11.8 Å². The van der Waals surface area contributed by atoms with Gasteiger partial charge in [0.15, 0.2) is 5.65 Å². The number of fused-ring (bicyclic) bond motifs is 1. The van der Waals surface area contributed by atoms with Crippen molar-refractivity contribution < 1.29 is 5.11 Å². The molecule has 0 aliphatic heterocycles. The molecule has 0 aromatic carbocycles. The lowest BCUT2D eigenvalue weighted by molar-refractivity contribution is 0.137. The van der Waals surface area contributed by atoms with Crippen molar-refractivity contribution in [3.05, 3.63) is 12.7 Å². The third-order valence-corrected chi connectivity index (χ3v) is 4.10. The molecule has 7 heteroatoms. The van der Waals surface area contributed by atoms with E-state index < -0.39 is 0 Å². The number of aromatic nitrogens is 4. The number of rotatable bonds is 7. The highest BCUT2D eigenvalue weighted by molar-refractivity contribution is 7.99. The lowest BCUT2D eigenvalue weighted by Crippen LogP contribution is -2.33. The van der Waals surface area contributed by atoms with E-state index in [0.717, 1.165) is 23.6 Å². The monoisotopic (exact) mass is 281 g/mol. The van der Waals surface area contributed by atoms with E-state index in [0.29, 0.717) is 17.9 Å². The third-order valence-electron chi connectivity index (χ3n) is 2.96. The zero-order chi connectivity index (χ0) is 13.7. The molecule has 2 rings (SSSR count). The van der Waals surface area contributed by atoms with E-state index in [2.05, 4.69) is 38.7 Å². The van der Waals surface area contributed by atoms with Crippen LogP contribution in [0.15, 0.2) is 17.7 Å². The van der Waals surface area contributed by atoms with Gasteiger partial charge in [0.1, 0.15) is 16.9 Å². The number of nitrogens with zero attached hydrogens (tertiary/aromatic N) is 4. The number of hydrogen-bond acceptors (Lipinski definition) is 6. The Kier molecular flexibility index (Phi) is 5.12. The summed E-state index contributed by atoms with van der Waals surface area (Å²) in [6.45, 7) is 6.80. The summed E-state index contributed by atoms with van der Waals surface area (Å²) in [4.78, 5) is 17.6. The summed E-state index contributed by atoms with van der Waals surface area (Å²) in [5, 5.41) is 10.9. The molecule has 2 N–H and O–H groups in total. The van der Waals surface area contributed by atoms with E-state index in [-0.39, 0.29) is 6.10 Å². The molecule has 0 aliphatic carbocycles. The zero-order valence-electron chi connectivity index (χ0n) is 11.2. The molecule has 6 nitrogen and oxygen atoms in total. The van der Waals surface area contributed by atoms with Crippen molar-refractivity contribution in [1.29, 1.82) is 0 Å². The van der Waals surface area contributed by atoms with Crippen LogP contribution in [0.5, 0.6) is 0 Å². The summed E-state index contributed by atoms with van der Waals surface area (Å²) in [6.07, 6.45) is 2.75. The largest absolute Gasteiger partial charge is 0.391 e.